The monoisotopic (exact) mass is 250 g/mol. The van der Waals surface area contributed by atoms with Crippen molar-refractivity contribution >= 4 is 7.92 Å². The second-order valence-corrected chi connectivity index (χ2v) is 9.00. The Morgan fingerprint density at radius 2 is 2.00 bits per heavy atom. The van der Waals surface area contributed by atoms with Gasteiger partial charge in [-0.25, -0.2) is 0 Å². The summed E-state index contributed by atoms with van der Waals surface area (Å²) in [4.78, 5) is 0. The fourth-order valence-corrected chi connectivity index (χ4v) is 5.99. The lowest BCUT2D eigenvalue weighted by Crippen LogP contribution is -2.11. The Bertz CT molecular complexity index is 315. The third kappa shape index (κ3) is 3.22. The lowest BCUT2D eigenvalue weighted by molar-refractivity contribution is 0.470. The molecular weight excluding hydrogens is 223 g/mol. The molecule has 2 rings (SSSR count). The summed E-state index contributed by atoms with van der Waals surface area (Å²) >= 11 is 0. The van der Waals surface area contributed by atoms with E-state index in [1.807, 2.05) is 0 Å². The number of allylic oxidation sites excluding steroid dienone is 3. The maximum absolute atomic E-state index is 4.29. The average Bonchev–Trinajstić information content (AvgIpc) is 2.61. The van der Waals surface area contributed by atoms with Gasteiger partial charge in [-0.05, 0) is 55.8 Å². The van der Waals surface area contributed by atoms with Crippen LogP contribution in [0, 0.1) is 11.8 Å². The molecule has 1 heterocycles. The first-order valence-corrected chi connectivity index (χ1v) is 8.82. The molecule has 1 aliphatic heterocycles. The Morgan fingerprint density at radius 3 is 2.65 bits per heavy atom. The highest BCUT2D eigenvalue weighted by Crippen LogP contribution is 2.58. The van der Waals surface area contributed by atoms with Crippen molar-refractivity contribution < 1.29 is 0 Å². The van der Waals surface area contributed by atoms with Gasteiger partial charge in [0.05, 0.1) is 0 Å². The molecule has 96 valence electrons. The number of hydrogen-bond donors (Lipinski definition) is 0. The van der Waals surface area contributed by atoms with Crippen molar-refractivity contribution in [2.75, 3.05) is 6.16 Å². The molecule has 4 atom stereocenters. The minimum Gasteiger partial charge on any atom is -0.0953 e. The maximum atomic E-state index is 4.29. The first kappa shape index (κ1) is 13.3. The molecule has 0 nitrogen and oxygen atoms in total. The van der Waals surface area contributed by atoms with Crippen LogP contribution in [0.2, 0.25) is 0 Å². The van der Waals surface area contributed by atoms with Gasteiger partial charge < -0.3 is 0 Å². The third-order valence-electron chi connectivity index (χ3n) is 4.62. The van der Waals surface area contributed by atoms with Crippen LogP contribution < -0.4 is 0 Å². The molecule has 0 aromatic rings. The standard InChI is InChI=1S/C16H27P/c1-12-5-6-13(2)16(11-12)9-10-17-14(3)7-8-15(17)4/h11-13,15H,3,5-10H2,1-2,4H3/t12?,13-,15-,17?/m0/s1. The van der Waals surface area contributed by atoms with Gasteiger partial charge in [0.15, 0.2) is 0 Å². The van der Waals surface area contributed by atoms with E-state index >= 15 is 0 Å². The van der Waals surface area contributed by atoms with E-state index in [4.69, 9.17) is 0 Å². The molecular formula is C16H27P. The minimum atomic E-state index is 0.139. The molecule has 1 fully saturated rings. The second kappa shape index (κ2) is 5.70. The van der Waals surface area contributed by atoms with Gasteiger partial charge in [0.1, 0.15) is 0 Å². The van der Waals surface area contributed by atoms with Gasteiger partial charge in [-0.3, -0.25) is 0 Å². The van der Waals surface area contributed by atoms with Crippen LogP contribution in [0.5, 0.6) is 0 Å². The molecule has 2 aliphatic rings. The fraction of sp³-hybridized carbons (Fsp3) is 0.750. The summed E-state index contributed by atoms with van der Waals surface area (Å²) in [5.74, 6) is 1.66. The fourth-order valence-electron chi connectivity index (χ4n) is 3.26. The van der Waals surface area contributed by atoms with Crippen LogP contribution in [0.25, 0.3) is 0 Å². The van der Waals surface area contributed by atoms with Crippen molar-refractivity contribution in [2.45, 2.75) is 58.5 Å². The summed E-state index contributed by atoms with van der Waals surface area (Å²) < 4.78 is 0. The third-order valence-corrected chi connectivity index (χ3v) is 7.68. The van der Waals surface area contributed by atoms with Gasteiger partial charge in [0.25, 0.3) is 0 Å². The van der Waals surface area contributed by atoms with Crippen molar-refractivity contribution in [1.29, 1.82) is 0 Å². The summed E-state index contributed by atoms with van der Waals surface area (Å²) in [7, 11) is 0.139. The lowest BCUT2D eigenvalue weighted by Gasteiger charge is -2.26. The highest BCUT2D eigenvalue weighted by Gasteiger charge is 2.27. The van der Waals surface area contributed by atoms with Crippen molar-refractivity contribution in [3.05, 3.63) is 23.5 Å². The summed E-state index contributed by atoms with van der Waals surface area (Å²) in [5, 5.41) is 1.59. The van der Waals surface area contributed by atoms with E-state index in [9.17, 15) is 0 Å². The van der Waals surface area contributed by atoms with Crippen LogP contribution in [0.1, 0.15) is 52.9 Å². The van der Waals surface area contributed by atoms with Crippen LogP contribution in [-0.4, -0.2) is 11.8 Å². The number of rotatable bonds is 3. The molecule has 0 spiro atoms. The van der Waals surface area contributed by atoms with E-state index in [1.165, 1.54) is 38.3 Å². The van der Waals surface area contributed by atoms with Crippen molar-refractivity contribution in [3.63, 3.8) is 0 Å². The Labute approximate surface area is 108 Å². The number of hydrogen-bond acceptors (Lipinski definition) is 0. The van der Waals surface area contributed by atoms with Gasteiger partial charge in [0.2, 0.25) is 0 Å². The van der Waals surface area contributed by atoms with Gasteiger partial charge in [0, 0.05) is 0 Å². The summed E-state index contributed by atoms with van der Waals surface area (Å²) in [6.45, 7) is 11.5. The molecule has 1 aliphatic carbocycles. The van der Waals surface area contributed by atoms with Gasteiger partial charge in [-0.15, -0.1) is 0 Å². The lowest BCUT2D eigenvalue weighted by atomic mass is 9.83. The summed E-state index contributed by atoms with van der Waals surface area (Å²) in [6, 6.07) is 0. The first-order chi connectivity index (χ1) is 8.08. The molecule has 0 aromatic carbocycles. The zero-order valence-electron chi connectivity index (χ0n) is 11.7. The zero-order valence-corrected chi connectivity index (χ0v) is 12.6. The van der Waals surface area contributed by atoms with Crippen LogP contribution in [0.4, 0.5) is 0 Å². The second-order valence-electron chi connectivity index (χ2n) is 6.09. The smallest absolute Gasteiger partial charge is 0.0197 e. The topological polar surface area (TPSA) is 0 Å². The molecule has 2 unspecified atom stereocenters. The summed E-state index contributed by atoms with van der Waals surface area (Å²) in [5.41, 5.74) is 2.69. The van der Waals surface area contributed by atoms with Crippen LogP contribution in [0.3, 0.4) is 0 Å². The molecule has 1 saturated heterocycles. The van der Waals surface area contributed by atoms with E-state index in [-0.39, 0.29) is 7.92 Å². The molecule has 1 heteroatoms. The average molecular weight is 250 g/mol. The molecule has 0 radical (unpaired) electrons. The molecule has 0 bridgehead atoms. The SMILES string of the molecule is C=C1CC[C@H](C)P1CCC1=CC(C)CC[C@@H]1C. The van der Waals surface area contributed by atoms with Gasteiger partial charge >= 0.3 is 0 Å². The maximum Gasteiger partial charge on any atom is -0.0197 e. The van der Waals surface area contributed by atoms with E-state index in [1.54, 1.807) is 10.9 Å². The predicted octanol–water partition coefficient (Wildman–Crippen LogP) is 5.55. The van der Waals surface area contributed by atoms with Crippen LogP contribution in [0.15, 0.2) is 23.5 Å². The Kier molecular flexibility index (Phi) is 4.47. The van der Waals surface area contributed by atoms with Crippen molar-refractivity contribution in [1.82, 2.24) is 0 Å². The normalized spacial score (nSPS) is 38.3. The Balaban J connectivity index is 1.91. The molecule has 0 amide bonds. The zero-order chi connectivity index (χ0) is 12.4. The molecule has 0 aromatic heterocycles. The molecule has 0 saturated carbocycles. The van der Waals surface area contributed by atoms with Crippen molar-refractivity contribution in [2.24, 2.45) is 11.8 Å². The van der Waals surface area contributed by atoms with E-state index < -0.39 is 0 Å². The minimum absolute atomic E-state index is 0.139. The largest absolute Gasteiger partial charge is 0.0953 e. The van der Waals surface area contributed by atoms with Crippen LogP contribution in [-0.2, 0) is 0 Å². The molecule has 17 heavy (non-hydrogen) atoms. The highest BCUT2D eigenvalue weighted by molar-refractivity contribution is 7.63. The van der Waals surface area contributed by atoms with Gasteiger partial charge in [-0.2, -0.15) is 0 Å². The van der Waals surface area contributed by atoms with Crippen LogP contribution >= 0.6 is 7.92 Å². The molecule has 0 N–H and O–H groups in total. The van der Waals surface area contributed by atoms with E-state index in [2.05, 4.69) is 33.4 Å². The van der Waals surface area contributed by atoms with E-state index in [0.29, 0.717) is 0 Å². The predicted molar refractivity (Wildman–Crippen MR) is 79.9 cm³/mol. The first-order valence-electron chi connectivity index (χ1n) is 7.23. The highest BCUT2D eigenvalue weighted by atomic mass is 31.1. The van der Waals surface area contributed by atoms with Gasteiger partial charge in [-0.1, -0.05) is 52.2 Å². The Morgan fingerprint density at radius 1 is 1.24 bits per heavy atom. The van der Waals surface area contributed by atoms with E-state index in [0.717, 1.165) is 17.5 Å². The quantitative estimate of drug-likeness (QED) is 0.455. The Hall–Kier alpha value is -0.0900. The van der Waals surface area contributed by atoms with Crippen molar-refractivity contribution in [3.8, 4) is 0 Å². The summed E-state index contributed by atoms with van der Waals surface area (Å²) in [6.07, 6.45) is 10.8.